The molecule has 0 spiro atoms. The topological polar surface area (TPSA) is 203 Å². The zero-order valence-corrected chi connectivity index (χ0v) is 18.6. The van der Waals surface area contributed by atoms with Crippen molar-refractivity contribution >= 4 is 42.3 Å². The fraction of sp³-hybridized carbons (Fsp3) is 0.579. The Morgan fingerprint density at radius 1 is 1.09 bits per heavy atom. The first-order chi connectivity index (χ1) is 15.7. The molecule has 4 unspecified atom stereocenters. The van der Waals surface area contributed by atoms with E-state index in [1.54, 1.807) is 0 Å². The summed E-state index contributed by atoms with van der Waals surface area (Å²) < 4.78 is 0. The summed E-state index contributed by atoms with van der Waals surface area (Å²) in [6, 6.07) is -4.10. The zero-order chi connectivity index (χ0) is 24.4. The molecule has 4 atom stereocenters. The van der Waals surface area contributed by atoms with Gasteiger partial charge in [-0.05, 0) is 25.8 Å². The highest BCUT2D eigenvalue weighted by molar-refractivity contribution is 7.80. The van der Waals surface area contributed by atoms with E-state index in [9.17, 15) is 29.1 Å². The van der Waals surface area contributed by atoms with Gasteiger partial charge in [0.25, 0.3) is 0 Å². The standard InChI is InChI=1S/C19H28N6O7S/c26-15(27)4-3-12(19(31)32)23-18(30)14(8-33)25-17(29)13(6-10-7-20-9-22-10)24-16(28)11-2-1-5-21-11/h7,9,11-14,21,33H,1-6,8H2,(H,20,22)(H,23,30)(H,24,28)(H,25,29)(H,26,27)(H,31,32). The molecule has 14 heteroatoms. The van der Waals surface area contributed by atoms with Gasteiger partial charge in [-0.3, -0.25) is 19.2 Å². The van der Waals surface area contributed by atoms with E-state index in [0.717, 1.165) is 6.42 Å². The van der Waals surface area contributed by atoms with Gasteiger partial charge < -0.3 is 36.5 Å². The van der Waals surface area contributed by atoms with Crippen LogP contribution in [0.2, 0.25) is 0 Å². The number of hydrogen-bond acceptors (Lipinski definition) is 8. The number of aromatic nitrogens is 2. The molecule has 7 N–H and O–H groups in total. The molecule has 2 rings (SSSR count). The number of hydrogen-bond donors (Lipinski definition) is 8. The lowest BCUT2D eigenvalue weighted by molar-refractivity contribution is -0.143. The Morgan fingerprint density at radius 3 is 2.33 bits per heavy atom. The van der Waals surface area contributed by atoms with Crippen LogP contribution in [0.5, 0.6) is 0 Å². The Morgan fingerprint density at radius 2 is 1.79 bits per heavy atom. The fourth-order valence-corrected chi connectivity index (χ4v) is 3.53. The second-order valence-corrected chi connectivity index (χ2v) is 7.93. The van der Waals surface area contributed by atoms with Gasteiger partial charge in [0, 0.05) is 30.5 Å². The molecule has 33 heavy (non-hydrogen) atoms. The van der Waals surface area contributed by atoms with Crippen LogP contribution in [0.4, 0.5) is 0 Å². The van der Waals surface area contributed by atoms with Crippen molar-refractivity contribution in [3.05, 3.63) is 18.2 Å². The van der Waals surface area contributed by atoms with Crippen LogP contribution in [0.25, 0.3) is 0 Å². The second-order valence-electron chi connectivity index (χ2n) is 7.57. The predicted octanol–water partition coefficient (Wildman–Crippen LogP) is -1.96. The lowest BCUT2D eigenvalue weighted by Gasteiger charge is -2.24. The fourth-order valence-electron chi connectivity index (χ4n) is 3.27. The highest BCUT2D eigenvalue weighted by atomic mass is 32.1. The van der Waals surface area contributed by atoms with Crippen LogP contribution < -0.4 is 21.3 Å². The summed E-state index contributed by atoms with van der Waals surface area (Å²) in [6.07, 6.45) is 3.71. The molecule has 13 nitrogen and oxygen atoms in total. The van der Waals surface area contributed by atoms with Gasteiger partial charge in [-0.1, -0.05) is 0 Å². The molecule has 0 radical (unpaired) electrons. The molecule has 1 aromatic rings. The number of carbonyl (C=O) groups is 5. The van der Waals surface area contributed by atoms with Crippen LogP contribution in [-0.4, -0.2) is 86.3 Å². The van der Waals surface area contributed by atoms with Crippen LogP contribution in [-0.2, 0) is 30.4 Å². The van der Waals surface area contributed by atoms with E-state index in [1.165, 1.54) is 12.5 Å². The van der Waals surface area contributed by atoms with Crippen LogP contribution in [0.3, 0.4) is 0 Å². The number of carboxylic acids is 2. The van der Waals surface area contributed by atoms with Crippen LogP contribution in [0, 0.1) is 0 Å². The molecular weight excluding hydrogens is 456 g/mol. The van der Waals surface area contributed by atoms with Crippen molar-refractivity contribution in [1.29, 1.82) is 0 Å². The summed E-state index contributed by atoms with van der Waals surface area (Å²) >= 11 is 4.06. The minimum atomic E-state index is -1.44. The summed E-state index contributed by atoms with van der Waals surface area (Å²) in [5.41, 5.74) is 0.585. The van der Waals surface area contributed by atoms with Crippen molar-refractivity contribution in [3.63, 3.8) is 0 Å². The SMILES string of the molecule is O=C(O)CCC(NC(=O)C(CS)NC(=O)C(Cc1cnc[nH]1)NC(=O)C1CCCN1)C(=O)O. The molecule has 1 saturated heterocycles. The maximum atomic E-state index is 12.9. The van der Waals surface area contributed by atoms with Crippen LogP contribution in [0.1, 0.15) is 31.4 Å². The Balaban J connectivity index is 2.05. The third-order valence-corrected chi connectivity index (χ3v) is 5.43. The van der Waals surface area contributed by atoms with Crippen molar-refractivity contribution < 1.29 is 34.2 Å². The number of imidazole rings is 1. The molecule has 1 fully saturated rings. The van der Waals surface area contributed by atoms with E-state index in [1.807, 2.05) is 0 Å². The molecule has 1 aliphatic rings. The van der Waals surface area contributed by atoms with E-state index in [0.29, 0.717) is 18.7 Å². The van der Waals surface area contributed by atoms with Crippen molar-refractivity contribution in [2.75, 3.05) is 12.3 Å². The minimum absolute atomic E-state index is 0.0849. The summed E-state index contributed by atoms with van der Waals surface area (Å²) in [6.45, 7) is 0.698. The minimum Gasteiger partial charge on any atom is -0.481 e. The number of rotatable bonds is 13. The lowest BCUT2D eigenvalue weighted by Crippen LogP contribution is -2.58. The summed E-state index contributed by atoms with van der Waals surface area (Å²) in [4.78, 5) is 66.8. The lowest BCUT2D eigenvalue weighted by atomic mass is 10.1. The van der Waals surface area contributed by atoms with Gasteiger partial charge in [0.15, 0.2) is 0 Å². The molecule has 2 heterocycles. The van der Waals surface area contributed by atoms with Gasteiger partial charge >= 0.3 is 11.9 Å². The van der Waals surface area contributed by atoms with Gasteiger partial charge in [-0.15, -0.1) is 0 Å². The van der Waals surface area contributed by atoms with E-state index in [4.69, 9.17) is 5.11 Å². The third kappa shape index (κ3) is 8.38. The summed E-state index contributed by atoms with van der Waals surface area (Å²) in [7, 11) is 0. The predicted molar refractivity (Wildman–Crippen MR) is 117 cm³/mol. The molecule has 0 saturated carbocycles. The third-order valence-electron chi connectivity index (χ3n) is 5.07. The smallest absolute Gasteiger partial charge is 0.326 e. The zero-order valence-electron chi connectivity index (χ0n) is 17.7. The van der Waals surface area contributed by atoms with Gasteiger partial charge in [0.05, 0.1) is 12.4 Å². The second kappa shape index (κ2) is 12.8. The largest absolute Gasteiger partial charge is 0.481 e. The molecule has 3 amide bonds. The number of nitrogens with zero attached hydrogens (tertiary/aromatic N) is 1. The molecular formula is C19H28N6O7S. The maximum Gasteiger partial charge on any atom is 0.326 e. The normalized spacial score (nSPS) is 18.0. The first-order valence-electron chi connectivity index (χ1n) is 10.4. The number of carboxylic acid groups (broad SMARTS) is 2. The molecule has 0 aromatic carbocycles. The summed E-state index contributed by atoms with van der Waals surface area (Å²) in [5, 5.41) is 28.4. The van der Waals surface area contributed by atoms with Crippen molar-refractivity contribution in [2.45, 2.75) is 56.3 Å². The highest BCUT2D eigenvalue weighted by Crippen LogP contribution is 2.07. The number of amides is 3. The number of thiol groups is 1. The number of aromatic amines is 1. The van der Waals surface area contributed by atoms with Gasteiger partial charge in [0.2, 0.25) is 17.7 Å². The highest BCUT2D eigenvalue weighted by Gasteiger charge is 2.31. The Kier molecular flexibility index (Phi) is 10.1. The molecule has 1 aromatic heterocycles. The van der Waals surface area contributed by atoms with E-state index >= 15 is 0 Å². The number of aliphatic carboxylic acids is 2. The molecule has 0 bridgehead atoms. The van der Waals surface area contributed by atoms with E-state index < -0.39 is 54.3 Å². The van der Waals surface area contributed by atoms with Crippen LogP contribution >= 0.6 is 12.6 Å². The Hall–Kier alpha value is -3.13. The molecule has 1 aliphatic heterocycles. The number of H-pyrrole nitrogens is 1. The van der Waals surface area contributed by atoms with Gasteiger partial charge in [0.1, 0.15) is 18.1 Å². The van der Waals surface area contributed by atoms with E-state index in [2.05, 4.69) is 43.9 Å². The number of carbonyl (C=O) groups excluding carboxylic acids is 3. The molecule has 182 valence electrons. The van der Waals surface area contributed by atoms with E-state index in [-0.39, 0.29) is 24.5 Å². The number of nitrogens with one attached hydrogen (secondary N) is 5. The average Bonchev–Trinajstić information content (AvgIpc) is 3.48. The Labute approximate surface area is 194 Å². The first-order valence-corrected chi connectivity index (χ1v) is 11.0. The van der Waals surface area contributed by atoms with Crippen molar-refractivity contribution in [3.8, 4) is 0 Å². The van der Waals surface area contributed by atoms with Crippen molar-refractivity contribution in [2.24, 2.45) is 0 Å². The Bertz CT molecular complexity index is 844. The van der Waals surface area contributed by atoms with Gasteiger partial charge in [-0.2, -0.15) is 12.6 Å². The summed E-state index contributed by atoms with van der Waals surface area (Å²) in [5.74, 6) is -4.61. The van der Waals surface area contributed by atoms with Crippen LogP contribution in [0.15, 0.2) is 12.5 Å². The molecule has 0 aliphatic carbocycles. The quantitative estimate of drug-likeness (QED) is 0.146. The first kappa shape index (κ1) is 26.1. The van der Waals surface area contributed by atoms with Crippen molar-refractivity contribution in [1.82, 2.24) is 31.2 Å². The maximum absolute atomic E-state index is 12.9. The average molecular weight is 485 g/mol. The van der Waals surface area contributed by atoms with Gasteiger partial charge in [-0.25, -0.2) is 9.78 Å². The monoisotopic (exact) mass is 484 g/mol.